The Balaban J connectivity index is 2.98. The highest BCUT2D eigenvalue weighted by Crippen LogP contribution is 2.27. The van der Waals surface area contributed by atoms with Gasteiger partial charge in [-0.3, -0.25) is 9.59 Å². The molecular weight excluding hydrogens is 239 g/mol. The summed E-state index contributed by atoms with van der Waals surface area (Å²) < 4.78 is 41.6. The number of H-pyrrole nitrogens is 1. The summed E-state index contributed by atoms with van der Waals surface area (Å²) >= 11 is 0. The zero-order valence-corrected chi connectivity index (χ0v) is 8.93. The Labute approximate surface area is 94.4 Å². The van der Waals surface area contributed by atoms with Crippen molar-refractivity contribution in [1.82, 2.24) is 4.98 Å². The van der Waals surface area contributed by atoms with E-state index < -0.39 is 23.4 Å². The molecule has 1 rings (SSSR count). The van der Waals surface area contributed by atoms with E-state index in [4.69, 9.17) is 0 Å². The van der Waals surface area contributed by atoms with Crippen LogP contribution in [0.5, 0.6) is 0 Å². The molecular formula is C10H10F3NO3. The second kappa shape index (κ2) is 5.03. The van der Waals surface area contributed by atoms with Crippen LogP contribution in [-0.4, -0.2) is 17.6 Å². The molecule has 1 aromatic heterocycles. The van der Waals surface area contributed by atoms with Gasteiger partial charge in [-0.15, -0.1) is 0 Å². The maximum atomic E-state index is 12.3. The smallest absolute Gasteiger partial charge is 0.431 e. The third kappa shape index (κ3) is 3.93. The van der Waals surface area contributed by atoms with Crippen molar-refractivity contribution >= 4 is 5.97 Å². The highest BCUT2D eigenvalue weighted by Gasteiger charge is 2.32. The van der Waals surface area contributed by atoms with Gasteiger partial charge in [-0.25, -0.2) is 0 Å². The summed E-state index contributed by atoms with van der Waals surface area (Å²) in [4.78, 5) is 23.7. The van der Waals surface area contributed by atoms with Crippen molar-refractivity contribution in [1.29, 1.82) is 0 Å². The Morgan fingerprint density at radius 3 is 2.59 bits per heavy atom. The summed E-state index contributed by atoms with van der Waals surface area (Å²) in [6, 6.07) is 1.66. The highest BCUT2D eigenvalue weighted by atomic mass is 19.4. The van der Waals surface area contributed by atoms with E-state index in [1.54, 1.807) is 11.9 Å². The van der Waals surface area contributed by atoms with Gasteiger partial charge in [0.2, 0.25) is 5.56 Å². The average Bonchev–Trinajstić information content (AvgIpc) is 2.15. The predicted molar refractivity (Wildman–Crippen MR) is 52.4 cm³/mol. The number of carbonyl (C=O) groups is 1. The summed E-state index contributed by atoms with van der Waals surface area (Å²) in [5, 5.41) is 0. The SMILES string of the molecule is CCOC(=O)Cc1cc(C(F)(F)F)[nH]c(=O)c1. The van der Waals surface area contributed by atoms with Crippen LogP contribution in [0.15, 0.2) is 16.9 Å². The molecule has 1 heterocycles. The van der Waals surface area contributed by atoms with Gasteiger partial charge >= 0.3 is 12.1 Å². The van der Waals surface area contributed by atoms with Crippen LogP contribution in [0.1, 0.15) is 18.2 Å². The number of aromatic amines is 1. The Kier molecular flexibility index (Phi) is 3.93. The van der Waals surface area contributed by atoms with Crippen molar-refractivity contribution in [2.24, 2.45) is 0 Å². The Morgan fingerprint density at radius 2 is 2.06 bits per heavy atom. The molecule has 4 nitrogen and oxygen atoms in total. The Bertz CT molecular complexity index is 465. The average molecular weight is 249 g/mol. The van der Waals surface area contributed by atoms with Crippen molar-refractivity contribution < 1.29 is 22.7 Å². The predicted octanol–water partition coefficient (Wildman–Crippen LogP) is 1.50. The minimum atomic E-state index is -4.65. The van der Waals surface area contributed by atoms with Crippen LogP contribution in [0.4, 0.5) is 13.2 Å². The topological polar surface area (TPSA) is 59.2 Å². The van der Waals surface area contributed by atoms with Crippen LogP contribution in [0, 0.1) is 0 Å². The normalized spacial score (nSPS) is 11.3. The fourth-order valence-corrected chi connectivity index (χ4v) is 1.23. The van der Waals surface area contributed by atoms with Gasteiger partial charge in [-0.1, -0.05) is 0 Å². The summed E-state index contributed by atoms with van der Waals surface area (Å²) in [5.74, 6) is -0.675. The molecule has 0 aliphatic carbocycles. The lowest BCUT2D eigenvalue weighted by Crippen LogP contribution is -2.18. The number of hydrogen-bond donors (Lipinski definition) is 1. The third-order valence-corrected chi connectivity index (χ3v) is 1.86. The fraction of sp³-hybridized carbons (Fsp3) is 0.400. The first kappa shape index (κ1) is 13.3. The summed E-state index contributed by atoms with van der Waals surface area (Å²) in [6.07, 6.45) is -5.01. The van der Waals surface area contributed by atoms with Gasteiger partial charge in [-0.05, 0) is 18.6 Å². The number of ether oxygens (including phenoxy) is 1. The number of rotatable bonds is 3. The maximum Gasteiger partial charge on any atom is 0.431 e. The molecule has 0 unspecified atom stereocenters. The van der Waals surface area contributed by atoms with Crippen molar-refractivity contribution in [2.45, 2.75) is 19.5 Å². The number of carbonyl (C=O) groups excluding carboxylic acids is 1. The van der Waals surface area contributed by atoms with Gasteiger partial charge in [0.15, 0.2) is 0 Å². The number of esters is 1. The molecule has 0 spiro atoms. The quantitative estimate of drug-likeness (QED) is 0.826. The lowest BCUT2D eigenvalue weighted by Gasteiger charge is -2.08. The van der Waals surface area contributed by atoms with Crippen LogP contribution in [0.25, 0.3) is 0 Å². The first-order valence-corrected chi connectivity index (χ1v) is 4.79. The van der Waals surface area contributed by atoms with Crippen molar-refractivity contribution in [3.63, 3.8) is 0 Å². The second-order valence-electron chi connectivity index (χ2n) is 3.25. The van der Waals surface area contributed by atoms with E-state index in [0.717, 1.165) is 12.1 Å². The maximum absolute atomic E-state index is 12.3. The molecule has 0 bridgehead atoms. The minimum Gasteiger partial charge on any atom is -0.466 e. The zero-order valence-electron chi connectivity index (χ0n) is 8.93. The Morgan fingerprint density at radius 1 is 1.41 bits per heavy atom. The summed E-state index contributed by atoms with van der Waals surface area (Å²) in [6.45, 7) is 1.71. The number of nitrogens with one attached hydrogen (secondary N) is 1. The van der Waals surface area contributed by atoms with E-state index in [2.05, 4.69) is 4.74 Å². The second-order valence-corrected chi connectivity index (χ2v) is 3.25. The molecule has 0 saturated carbocycles. The van der Waals surface area contributed by atoms with Crippen molar-refractivity contribution in [3.05, 3.63) is 33.7 Å². The number of alkyl halides is 3. The summed E-state index contributed by atoms with van der Waals surface area (Å²) in [5.41, 5.74) is -2.11. The van der Waals surface area contributed by atoms with Gasteiger partial charge < -0.3 is 9.72 Å². The highest BCUT2D eigenvalue weighted by molar-refractivity contribution is 5.72. The van der Waals surface area contributed by atoms with Crippen molar-refractivity contribution in [3.8, 4) is 0 Å². The number of aromatic nitrogens is 1. The van der Waals surface area contributed by atoms with Crippen LogP contribution >= 0.6 is 0 Å². The molecule has 1 N–H and O–H groups in total. The molecule has 7 heteroatoms. The zero-order chi connectivity index (χ0) is 13.1. The van der Waals surface area contributed by atoms with Gasteiger partial charge in [0.25, 0.3) is 0 Å². The molecule has 94 valence electrons. The molecule has 0 radical (unpaired) electrons. The molecule has 17 heavy (non-hydrogen) atoms. The number of hydrogen-bond acceptors (Lipinski definition) is 3. The first-order valence-electron chi connectivity index (χ1n) is 4.79. The van der Waals surface area contributed by atoms with Crippen LogP contribution < -0.4 is 5.56 Å². The van der Waals surface area contributed by atoms with Crippen molar-refractivity contribution in [2.75, 3.05) is 6.61 Å². The fourth-order valence-electron chi connectivity index (χ4n) is 1.23. The van der Waals surface area contributed by atoms with Gasteiger partial charge in [-0.2, -0.15) is 13.2 Å². The van der Waals surface area contributed by atoms with E-state index in [9.17, 15) is 22.8 Å². The molecule has 0 aliphatic rings. The minimum absolute atomic E-state index is 0.0282. The lowest BCUT2D eigenvalue weighted by atomic mass is 10.1. The standard InChI is InChI=1S/C10H10F3NO3/c1-2-17-9(16)5-6-3-7(10(11,12)13)14-8(15)4-6/h3-4H,2,5H2,1H3,(H,14,15). The van der Waals surface area contributed by atoms with Crippen LogP contribution in [0.3, 0.4) is 0 Å². The number of pyridine rings is 1. The van der Waals surface area contributed by atoms with Crippen LogP contribution in [-0.2, 0) is 22.1 Å². The third-order valence-electron chi connectivity index (χ3n) is 1.86. The molecule has 0 atom stereocenters. The largest absolute Gasteiger partial charge is 0.466 e. The monoisotopic (exact) mass is 249 g/mol. The molecule has 0 aromatic carbocycles. The first-order chi connectivity index (χ1) is 7.82. The molecule has 0 aliphatic heterocycles. The van der Waals surface area contributed by atoms with E-state index >= 15 is 0 Å². The van der Waals surface area contributed by atoms with E-state index in [0.29, 0.717) is 0 Å². The molecule has 1 aromatic rings. The molecule has 0 amide bonds. The lowest BCUT2D eigenvalue weighted by molar-refractivity contribution is -0.143. The van der Waals surface area contributed by atoms with Gasteiger partial charge in [0, 0.05) is 6.07 Å². The van der Waals surface area contributed by atoms with E-state index in [1.165, 1.54) is 0 Å². The number of halogens is 3. The van der Waals surface area contributed by atoms with E-state index in [1.807, 2.05) is 0 Å². The van der Waals surface area contributed by atoms with Gasteiger partial charge in [0.1, 0.15) is 5.69 Å². The molecule has 0 saturated heterocycles. The van der Waals surface area contributed by atoms with E-state index in [-0.39, 0.29) is 18.6 Å². The Hall–Kier alpha value is -1.79. The van der Waals surface area contributed by atoms with Crippen LogP contribution in [0.2, 0.25) is 0 Å². The molecule has 0 fully saturated rings. The summed E-state index contributed by atoms with van der Waals surface area (Å²) in [7, 11) is 0. The van der Waals surface area contributed by atoms with Gasteiger partial charge in [0.05, 0.1) is 13.0 Å².